The number of fused-ring (bicyclic) bond motifs is 1. The quantitative estimate of drug-likeness (QED) is 0.637. The van der Waals surface area contributed by atoms with Crippen molar-refractivity contribution in [2.75, 3.05) is 0 Å². The van der Waals surface area contributed by atoms with Gasteiger partial charge in [0.2, 0.25) is 0 Å². The highest BCUT2D eigenvalue weighted by atomic mass is 19.1. The van der Waals surface area contributed by atoms with Crippen molar-refractivity contribution in [3.63, 3.8) is 0 Å². The first kappa shape index (κ1) is 15.7. The van der Waals surface area contributed by atoms with Crippen LogP contribution in [0.5, 0.6) is 0 Å². The molecule has 0 fully saturated rings. The van der Waals surface area contributed by atoms with E-state index >= 15 is 0 Å². The number of carbonyl (C=O) groups is 2. The van der Waals surface area contributed by atoms with Gasteiger partial charge in [0.25, 0.3) is 5.69 Å². The van der Waals surface area contributed by atoms with E-state index in [1.54, 1.807) is 6.92 Å². The van der Waals surface area contributed by atoms with Gasteiger partial charge in [-0.15, -0.1) is 0 Å². The number of Topliss-reactive ketones (excluding diaryl/α,β-unsaturated/α-hetero) is 2. The predicted molar refractivity (Wildman–Crippen MR) is 84.6 cm³/mol. The minimum atomic E-state index is -0.580. The van der Waals surface area contributed by atoms with Crippen molar-refractivity contribution < 1.29 is 18.9 Å². The maximum Gasteiger partial charge on any atom is 0.269 e. The van der Waals surface area contributed by atoms with Crippen LogP contribution in [-0.4, -0.2) is 16.5 Å². The smallest absolute Gasteiger partial charge is 0.269 e. The monoisotopic (exact) mass is 325 g/mol. The number of halogens is 1. The zero-order chi connectivity index (χ0) is 17.4. The molecule has 0 saturated heterocycles. The highest BCUT2D eigenvalue weighted by Gasteiger charge is 2.30. The molecule has 2 aromatic carbocycles. The van der Waals surface area contributed by atoms with E-state index in [1.807, 2.05) is 0 Å². The molecule has 0 spiro atoms. The van der Waals surface area contributed by atoms with E-state index in [0.29, 0.717) is 11.1 Å². The van der Waals surface area contributed by atoms with Crippen LogP contribution >= 0.6 is 0 Å². The van der Waals surface area contributed by atoms with E-state index in [4.69, 9.17) is 0 Å². The fraction of sp³-hybridized carbons (Fsp3) is 0.111. The van der Waals surface area contributed by atoms with Gasteiger partial charge < -0.3 is 0 Å². The van der Waals surface area contributed by atoms with Crippen LogP contribution in [0.2, 0.25) is 0 Å². The molecule has 0 heterocycles. The molecule has 0 radical (unpaired) electrons. The normalized spacial score (nSPS) is 13.9. The van der Waals surface area contributed by atoms with Gasteiger partial charge in [0.05, 0.1) is 4.92 Å². The molecule has 0 unspecified atom stereocenters. The van der Waals surface area contributed by atoms with Gasteiger partial charge in [-0.05, 0) is 30.7 Å². The molecule has 2 aromatic rings. The van der Waals surface area contributed by atoms with E-state index in [-0.39, 0.29) is 40.4 Å². The Morgan fingerprint density at radius 2 is 1.67 bits per heavy atom. The second-order valence-electron chi connectivity index (χ2n) is 5.55. The van der Waals surface area contributed by atoms with E-state index < -0.39 is 10.7 Å². The van der Waals surface area contributed by atoms with E-state index in [2.05, 4.69) is 0 Å². The van der Waals surface area contributed by atoms with Crippen molar-refractivity contribution in [3.05, 3.63) is 86.2 Å². The third kappa shape index (κ3) is 2.62. The van der Waals surface area contributed by atoms with Crippen molar-refractivity contribution >= 4 is 17.3 Å². The molecule has 1 aliphatic carbocycles. The molecule has 0 N–H and O–H groups in total. The average molecular weight is 325 g/mol. The number of ketones is 2. The molecular formula is C18H12FNO4. The molecular weight excluding hydrogens is 313 g/mol. The summed E-state index contributed by atoms with van der Waals surface area (Å²) in [6, 6.07) is 9.30. The highest BCUT2D eigenvalue weighted by Crippen LogP contribution is 2.29. The molecule has 5 nitrogen and oxygen atoms in total. The van der Waals surface area contributed by atoms with Crippen LogP contribution < -0.4 is 0 Å². The Balaban J connectivity index is 1.98. The fourth-order valence-electron chi connectivity index (χ4n) is 2.73. The second-order valence-corrected chi connectivity index (χ2v) is 5.55. The molecule has 0 atom stereocenters. The average Bonchev–Trinajstić information content (AvgIpc) is 2.57. The van der Waals surface area contributed by atoms with E-state index in [9.17, 15) is 24.1 Å². The molecule has 0 saturated carbocycles. The first-order valence-corrected chi connectivity index (χ1v) is 7.20. The van der Waals surface area contributed by atoms with Crippen LogP contribution in [0, 0.1) is 15.9 Å². The zero-order valence-corrected chi connectivity index (χ0v) is 12.7. The Kier molecular flexibility index (Phi) is 3.81. The first-order chi connectivity index (χ1) is 11.4. The SMILES string of the molecule is CC1=C(Cc2ccc([N+](=O)[O-])cc2)C(=O)c2cc(F)ccc2C1=O. The van der Waals surface area contributed by atoms with E-state index in [1.165, 1.54) is 30.3 Å². The molecule has 3 rings (SSSR count). The number of benzene rings is 2. The van der Waals surface area contributed by atoms with Gasteiger partial charge in [0, 0.05) is 40.8 Å². The second kappa shape index (κ2) is 5.81. The summed E-state index contributed by atoms with van der Waals surface area (Å²) in [6.07, 6.45) is 0.157. The van der Waals surface area contributed by atoms with Crippen molar-refractivity contribution in [2.24, 2.45) is 0 Å². The van der Waals surface area contributed by atoms with Crippen LogP contribution in [0.25, 0.3) is 0 Å². The van der Waals surface area contributed by atoms with Gasteiger partial charge in [-0.3, -0.25) is 19.7 Å². The van der Waals surface area contributed by atoms with Crippen LogP contribution in [0.3, 0.4) is 0 Å². The molecule has 120 valence electrons. The van der Waals surface area contributed by atoms with Gasteiger partial charge >= 0.3 is 0 Å². The minimum Gasteiger partial charge on any atom is -0.289 e. The lowest BCUT2D eigenvalue weighted by molar-refractivity contribution is -0.384. The molecule has 0 aliphatic heterocycles. The standard InChI is InChI=1S/C18H12FNO4/c1-10-15(8-11-2-5-13(6-3-11)20(23)24)18(22)16-9-12(19)4-7-14(16)17(10)21/h2-7,9H,8H2,1H3. The van der Waals surface area contributed by atoms with Gasteiger partial charge in [-0.1, -0.05) is 12.1 Å². The molecule has 0 aromatic heterocycles. The van der Waals surface area contributed by atoms with Crippen molar-refractivity contribution in [1.82, 2.24) is 0 Å². The Bertz CT molecular complexity index is 913. The van der Waals surface area contributed by atoms with Crippen molar-refractivity contribution in [1.29, 1.82) is 0 Å². The third-order valence-corrected chi connectivity index (χ3v) is 4.07. The lowest BCUT2D eigenvalue weighted by Gasteiger charge is -2.19. The number of nitro benzene ring substituents is 1. The molecule has 6 heteroatoms. The van der Waals surface area contributed by atoms with Gasteiger partial charge in [0.1, 0.15) is 5.82 Å². The van der Waals surface area contributed by atoms with E-state index in [0.717, 1.165) is 12.1 Å². The molecule has 24 heavy (non-hydrogen) atoms. The number of carbonyl (C=O) groups excluding carboxylic acids is 2. The Labute approximate surface area is 136 Å². The van der Waals surface area contributed by atoms with Crippen molar-refractivity contribution in [2.45, 2.75) is 13.3 Å². The number of nitro groups is 1. The van der Waals surface area contributed by atoms with Gasteiger partial charge in [0.15, 0.2) is 11.6 Å². The lowest BCUT2D eigenvalue weighted by atomic mass is 9.82. The molecule has 0 amide bonds. The summed E-state index contributed by atoms with van der Waals surface area (Å²) < 4.78 is 13.4. The van der Waals surface area contributed by atoms with Crippen LogP contribution in [0.1, 0.15) is 33.2 Å². The number of allylic oxidation sites excluding steroid dienone is 2. The molecule has 0 bridgehead atoms. The molecule has 1 aliphatic rings. The summed E-state index contributed by atoms with van der Waals surface area (Å²) in [5, 5.41) is 10.7. The summed E-state index contributed by atoms with van der Waals surface area (Å²) >= 11 is 0. The Morgan fingerprint density at radius 3 is 2.29 bits per heavy atom. The minimum absolute atomic E-state index is 0.0529. The summed E-state index contributed by atoms with van der Waals surface area (Å²) in [5.74, 6) is -1.27. The van der Waals surface area contributed by atoms with Crippen LogP contribution in [0.4, 0.5) is 10.1 Å². The largest absolute Gasteiger partial charge is 0.289 e. The summed E-state index contributed by atoms with van der Waals surface area (Å²) in [4.78, 5) is 35.2. The van der Waals surface area contributed by atoms with Gasteiger partial charge in [-0.2, -0.15) is 0 Å². The number of non-ortho nitro benzene ring substituents is 1. The zero-order valence-electron chi connectivity index (χ0n) is 12.7. The lowest BCUT2D eigenvalue weighted by Crippen LogP contribution is -2.22. The Hall–Kier alpha value is -3.15. The number of rotatable bonds is 3. The fourth-order valence-corrected chi connectivity index (χ4v) is 2.73. The van der Waals surface area contributed by atoms with Crippen LogP contribution in [-0.2, 0) is 6.42 Å². The maximum absolute atomic E-state index is 13.4. The summed E-state index contributed by atoms with van der Waals surface area (Å²) in [5.41, 5.74) is 1.47. The predicted octanol–water partition coefficient (Wildman–Crippen LogP) is 3.67. The Morgan fingerprint density at radius 1 is 1.00 bits per heavy atom. The topological polar surface area (TPSA) is 77.3 Å². The number of hydrogen-bond acceptors (Lipinski definition) is 4. The van der Waals surface area contributed by atoms with Crippen LogP contribution in [0.15, 0.2) is 53.6 Å². The number of nitrogens with zero attached hydrogens (tertiary/aromatic N) is 1. The van der Waals surface area contributed by atoms with Crippen molar-refractivity contribution in [3.8, 4) is 0 Å². The third-order valence-electron chi connectivity index (χ3n) is 4.07. The maximum atomic E-state index is 13.4. The number of hydrogen-bond donors (Lipinski definition) is 0. The highest BCUT2D eigenvalue weighted by molar-refractivity contribution is 6.26. The summed E-state index contributed by atoms with van der Waals surface area (Å²) in [6.45, 7) is 1.56. The summed E-state index contributed by atoms with van der Waals surface area (Å²) in [7, 11) is 0. The van der Waals surface area contributed by atoms with Gasteiger partial charge in [-0.25, -0.2) is 4.39 Å². The first-order valence-electron chi connectivity index (χ1n) is 7.20.